The summed E-state index contributed by atoms with van der Waals surface area (Å²) in [6.07, 6.45) is 4.30. The van der Waals surface area contributed by atoms with Crippen LogP contribution >= 0.6 is 0 Å². The fourth-order valence-electron chi connectivity index (χ4n) is 4.68. The number of carboxylic acids is 1. The number of methoxy groups -OCH3 is 2. The summed E-state index contributed by atoms with van der Waals surface area (Å²) in [5.41, 5.74) is 8.05. The first-order chi connectivity index (χ1) is 16.5. The maximum absolute atomic E-state index is 11.5. The summed E-state index contributed by atoms with van der Waals surface area (Å²) in [4.78, 5) is 26.4. The molecule has 1 unspecified atom stereocenters. The van der Waals surface area contributed by atoms with Crippen molar-refractivity contribution in [3.63, 3.8) is 0 Å². The van der Waals surface area contributed by atoms with Crippen LogP contribution in [-0.4, -0.2) is 56.0 Å². The highest BCUT2D eigenvalue weighted by atomic mass is 16.5. The van der Waals surface area contributed by atoms with Crippen LogP contribution in [-0.2, 0) is 14.3 Å². The Kier molecular flexibility index (Phi) is 7.46. The molecule has 0 aromatic heterocycles. The molecule has 10 heteroatoms. The van der Waals surface area contributed by atoms with Crippen molar-refractivity contribution >= 4 is 29.1 Å². The van der Waals surface area contributed by atoms with Gasteiger partial charge in [0.25, 0.3) is 0 Å². The normalized spacial score (nSPS) is 20.4. The van der Waals surface area contributed by atoms with Crippen molar-refractivity contribution in [3.05, 3.63) is 28.8 Å². The second-order valence-electron chi connectivity index (χ2n) is 8.37. The third kappa shape index (κ3) is 5.06. The number of nitrogens with one attached hydrogen (secondary N) is 2. The molecule has 1 aliphatic heterocycles. The lowest BCUT2D eigenvalue weighted by Gasteiger charge is -2.22. The molecule has 182 valence electrons. The Labute approximate surface area is 198 Å². The second kappa shape index (κ2) is 10.7. The Morgan fingerprint density at radius 1 is 1.24 bits per heavy atom. The van der Waals surface area contributed by atoms with E-state index in [0.717, 1.165) is 41.7 Å². The standard InChI is InChI=1S/C24H30N4O6/c1-32-18-10-9-16-19(34-11-4-3-8-21(30)31)12-17(27-28-24-25-13-20(29)26-24)14-6-5-7-15(14)22(16)23(18)33-2/h9-10,19H,3-8,11-13H2,1-2H3,(H,30,31)(H2,25,26,28,29). The molecule has 0 bridgehead atoms. The number of carbonyl (C=O) groups excluding carboxylic acids is 1. The second-order valence-corrected chi connectivity index (χ2v) is 8.37. The number of amides is 1. The lowest BCUT2D eigenvalue weighted by molar-refractivity contribution is -0.137. The fraction of sp³-hybridized carbons (Fsp3) is 0.500. The molecule has 1 heterocycles. The Morgan fingerprint density at radius 2 is 2.06 bits per heavy atom. The van der Waals surface area contributed by atoms with E-state index >= 15 is 0 Å². The SMILES string of the molecule is COc1ccc2c(c1OC)C1=C(CCC1)C(=NNC1=NCC(=O)N1)CC2OCCCCC(=O)O. The van der Waals surface area contributed by atoms with E-state index in [1.165, 1.54) is 5.57 Å². The van der Waals surface area contributed by atoms with Gasteiger partial charge in [0, 0.05) is 25.0 Å². The van der Waals surface area contributed by atoms with Crippen LogP contribution < -0.4 is 20.2 Å². The number of unbranched alkanes of at least 4 members (excludes halogenated alkanes) is 1. The van der Waals surface area contributed by atoms with Gasteiger partial charge in [-0.2, -0.15) is 5.10 Å². The van der Waals surface area contributed by atoms with Crippen molar-refractivity contribution in [3.8, 4) is 11.5 Å². The van der Waals surface area contributed by atoms with Crippen LogP contribution in [0.5, 0.6) is 11.5 Å². The van der Waals surface area contributed by atoms with Gasteiger partial charge in [-0.15, -0.1) is 0 Å². The molecular formula is C24H30N4O6. The average Bonchev–Trinajstić information content (AvgIpc) is 3.45. The Hall–Kier alpha value is -3.40. The number of benzene rings is 1. The van der Waals surface area contributed by atoms with Crippen LogP contribution in [0.3, 0.4) is 0 Å². The van der Waals surface area contributed by atoms with Crippen LogP contribution in [0.4, 0.5) is 0 Å². The van der Waals surface area contributed by atoms with Crippen LogP contribution in [0.1, 0.15) is 62.2 Å². The number of hydrogen-bond acceptors (Lipinski definition) is 8. The average molecular weight is 471 g/mol. The highest BCUT2D eigenvalue weighted by Gasteiger charge is 2.34. The molecule has 1 aromatic carbocycles. The molecule has 10 nitrogen and oxygen atoms in total. The van der Waals surface area contributed by atoms with Crippen LogP contribution in [0.25, 0.3) is 5.57 Å². The van der Waals surface area contributed by atoms with Crippen molar-refractivity contribution < 1.29 is 28.9 Å². The number of allylic oxidation sites excluding steroid dienone is 2. The van der Waals surface area contributed by atoms with E-state index in [4.69, 9.17) is 19.3 Å². The predicted octanol–water partition coefficient (Wildman–Crippen LogP) is 2.79. The smallest absolute Gasteiger partial charge is 0.303 e. The minimum absolute atomic E-state index is 0.0889. The Morgan fingerprint density at radius 3 is 2.76 bits per heavy atom. The van der Waals surface area contributed by atoms with Gasteiger partial charge in [-0.3, -0.25) is 14.9 Å². The summed E-state index contributed by atoms with van der Waals surface area (Å²) >= 11 is 0. The molecular weight excluding hydrogens is 440 g/mol. The molecule has 1 aromatic rings. The number of carboxylic acid groups (broad SMARTS) is 1. The van der Waals surface area contributed by atoms with Gasteiger partial charge in [0.05, 0.1) is 26.0 Å². The molecule has 0 spiro atoms. The van der Waals surface area contributed by atoms with E-state index < -0.39 is 5.97 Å². The molecule has 0 saturated heterocycles. The number of aliphatic imine (C=N–C) groups is 1. The topological polar surface area (TPSA) is 131 Å². The molecule has 2 aliphatic carbocycles. The molecule has 0 fully saturated rings. The van der Waals surface area contributed by atoms with Crippen LogP contribution in [0, 0.1) is 0 Å². The Balaban J connectivity index is 1.68. The first-order valence-corrected chi connectivity index (χ1v) is 11.5. The summed E-state index contributed by atoms with van der Waals surface area (Å²) in [6.45, 7) is 0.519. The monoisotopic (exact) mass is 470 g/mol. The molecule has 1 atom stereocenters. The maximum Gasteiger partial charge on any atom is 0.303 e. The molecule has 0 saturated carbocycles. The number of fused-ring (bicyclic) bond motifs is 2. The van der Waals surface area contributed by atoms with Gasteiger partial charge in [-0.05, 0) is 54.9 Å². The van der Waals surface area contributed by atoms with E-state index in [1.807, 2.05) is 12.1 Å². The maximum atomic E-state index is 11.5. The number of hydrazone groups is 1. The van der Waals surface area contributed by atoms with Gasteiger partial charge in [-0.25, -0.2) is 10.4 Å². The van der Waals surface area contributed by atoms with Crippen molar-refractivity contribution in [1.29, 1.82) is 0 Å². The highest BCUT2D eigenvalue weighted by molar-refractivity contribution is 6.10. The zero-order chi connectivity index (χ0) is 24.1. The van der Waals surface area contributed by atoms with E-state index in [9.17, 15) is 9.59 Å². The highest BCUT2D eigenvalue weighted by Crippen LogP contribution is 2.49. The molecule has 4 rings (SSSR count). The number of rotatable bonds is 9. The number of aliphatic carboxylic acids is 1. The van der Waals surface area contributed by atoms with Crippen molar-refractivity contribution in [2.45, 2.75) is 51.0 Å². The van der Waals surface area contributed by atoms with Gasteiger partial charge in [0.15, 0.2) is 11.5 Å². The number of carbonyl (C=O) groups is 2. The van der Waals surface area contributed by atoms with E-state index in [2.05, 4.69) is 20.8 Å². The van der Waals surface area contributed by atoms with Gasteiger partial charge in [0.2, 0.25) is 11.9 Å². The number of nitrogens with zero attached hydrogens (tertiary/aromatic N) is 2. The zero-order valence-corrected chi connectivity index (χ0v) is 19.5. The van der Waals surface area contributed by atoms with Crippen molar-refractivity contribution in [2.75, 3.05) is 27.4 Å². The summed E-state index contributed by atoms with van der Waals surface area (Å²) in [7, 11) is 3.26. The molecule has 3 N–H and O–H groups in total. The van der Waals surface area contributed by atoms with E-state index in [0.29, 0.717) is 43.3 Å². The predicted molar refractivity (Wildman–Crippen MR) is 126 cm³/mol. The van der Waals surface area contributed by atoms with Gasteiger partial charge in [-0.1, -0.05) is 6.07 Å². The number of guanidine groups is 1. The first kappa shape index (κ1) is 23.7. The van der Waals surface area contributed by atoms with E-state index in [-0.39, 0.29) is 25.0 Å². The van der Waals surface area contributed by atoms with Crippen LogP contribution in [0.2, 0.25) is 0 Å². The van der Waals surface area contributed by atoms with Gasteiger partial charge < -0.3 is 19.3 Å². The largest absolute Gasteiger partial charge is 0.493 e. The van der Waals surface area contributed by atoms with Gasteiger partial charge >= 0.3 is 5.97 Å². The lowest BCUT2D eigenvalue weighted by Crippen LogP contribution is -2.34. The third-order valence-electron chi connectivity index (χ3n) is 6.21. The minimum atomic E-state index is -0.806. The van der Waals surface area contributed by atoms with Crippen molar-refractivity contribution in [1.82, 2.24) is 10.7 Å². The van der Waals surface area contributed by atoms with E-state index in [1.54, 1.807) is 14.2 Å². The Bertz CT molecular complexity index is 1060. The van der Waals surface area contributed by atoms with Crippen LogP contribution in [0.15, 0.2) is 27.8 Å². The summed E-state index contributed by atoms with van der Waals surface area (Å²) in [5, 5.41) is 16.2. The summed E-state index contributed by atoms with van der Waals surface area (Å²) in [6, 6.07) is 3.90. The summed E-state index contributed by atoms with van der Waals surface area (Å²) in [5.74, 6) is 0.692. The molecule has 34 heavy (non-hydrogen) atoms. The number of ether oxygens (including phenoxy) is 3. The van der Waals surface area contributed by atoms with Gasteiger partial charge in [0.1, 0.15) is 6.54 Å². The molecule has 1 amide bonds. The third-order valence-corrected chi connectivity index (χ3v) is 6.21. The first-order valence-electron chi connectivity index (χ1n) is 11.5. The lowest BCUT2D eigenvalue weighted by atomic mass is 9.94. The minimum Gasteiger partial charge on any atom is -0.493 e. The van der Waals surface area contributed by atoms with Crippen molar-refractivity contribution in [2.24, 2.45) is 10.1 Å². The quantitative estimate of drug-likeness (QED) is 0.374. The zero-order valence-electron chi connectivity index (χ0n) is 19.5. The fourth-order valence-corrected chi connectivity index (χ4v) is 4.68. The number of hydrogen-bond donors (Lipinski definition) is 3. The molecule has 0 radical (unpaired) electrons. The summed E-state index contributed by atoms with van der Waals surface area (Å²) < 4.78 is 17.7. The molecule has 3 aliphatic rings.